The van der Waals surface area contributed by atoms with Crippen molar-refractivity contribution in [2.75, 3.05) is 35.6 Å². The number of ether oxygens (including phenoxy) is 1. The van der Waals surface area contributed by atoms with Gasteiger partial charge < -0.3 is 20.7 Å². The average molecular weight is 277 g/mol. The van der Waals surface area contributed by atoms with Gasteiger partial charge in [-0.25, -0.2) is 0 Å². The average Bonchev–Trinajstić information content (AvgIpc) is 2.44. The number of fused-ring (bicyclic) bond motifs is 1. The Morgan fingerprint density at radius 3 is 2.85 bits per heavy atom. The smallest absolute Gasteiger partial charge is 0.262 e. The molecule has 5 nitrogen and oxygen atoms in total. The maximum atomic E-state index is 11.4. The van der Waals surface area contributed by atoms with Gasteiger partial charge in [0.15, 0.2) is 6.61 Å². The first-order valence-electron chi connectivity index (χ1n) is 7.16. The van der Waals surface area contributed by atoms with Crippen LogP contribution in [0.1, 0.15) is 27.2 Å². The van der Waals surface area contributed by atoms with Gasteiger partial charge in [0.1, 0.15) is 5.75 Å². The number of carbonyl (C=O) groups is 1. The standard InChI is InChI=1S/C15H23N3O2/c1-4-10(3)8-18(5-2)13-7-12-14(6-11(13)16)20-9-15(19)17-12/h6-7,10H,4-5,8-9,16H2,1-3H3,(H,17,19). The molecular weight excluding hydrogens is 254 g/mol. The number of nitrogens with two attached hydrogens (primary N) is 1. The highest BCUT2D eigenvalue weighted by atomic mass is 16.5. The monoisotopic (exact) mass is 277 g/mol. The maximum Gasteiger partial charge on any atom is 0.262 e. The minimum absolute atomic E-state index is 0.0517. The number of hydrogen-bond acceptors (Lipinski definition) is 4. The van der Waals surface area contributed by atoms with E-state index >= 15 is 0 Å². The maximum absolute atomic E-state index is 11.4. The molecule has 20 heavy (non-hydrogen) atoms. The molecule has 3 N–H and O–H groups in total. The zero-order valence-electron chi connectivity index (χ0n) is 12.4. The van der Waals surface area contributed by atoms with Crippen molar-refractivity contribution in [3.8, 4) is 5.75 Å². The van der Waals surface area contributed by atoms with Crippen molar-refractivity contribution in [3.63, 3.8) is 0 Å². The van der Waals surface area contributed by atoms with Crippen LogP contribution in [0.5, 0.6) is 5.75 Å². The van der Waals surface area contributed by atoms with E-state index < -0.39 is 0 Å². The summed E-state index contributed by atoms with van der Waals surface area (Å²) in [5.41, 5.74) is 8.48. The Bertz CT molecular complexity index is 502. The molecule has 1 aliphatic heterocycles. The summed E-state index contributed by atoms with van der Waals surface area (Å²) < 4.78 is 5.38. The van der Waals surface area contributed by atoms with Crippen molar-refractivity contribution in [1.29, 1.82) is 0 Å². The summed E-state index contributed by atoms with van der Waals surface area (Å²) >= 11 is 0. The molecule has 1 unspecified atom stereocenters. The normalized spacial score (nSPS) is 15.1. The van der Waals surface area contributed by atoms with Crippen LogP contribution in [0, 0.1) is 5.92 Å². The largest absolute Gasteiger partial charge is 0.482 e. The second-order valence-electron chi connectivity index (χ2n) is 5.30. The molecule has 0 saturated heterocycles. The molecule has 0 aliphatic carbocycles. The van der Waals surface area contributed by atoms with Gasteiger partial charge in [-0.15, -0.1) is 0 Å². The van der Waals surface area contributed by atoms with Gasteiger partial charge in [0, 0.05) is 19.2 Å². The van der Waals surface area contributed by atoms with E-state index in [2.05, 4.69) is 31.0 Å². The fraction of sp³-hybridized carbons (Fsp3) is 0.533. The third-order valence-electron chi connectivity index (χ3n) is 3.71. The Morgan fingerprint density at radius 2 is 2.20 bits per heavy atom. The number of benzene rings is 1. The zero-order chi connectivity index (χ0) is 14.7. The molecule has 110 valence electrons. The first-order valence-corrected chi connectivity index (χ1v) is 7.16. The van der Waals surface area contributed by atoms with E-state index in [4.69, 9.17) is 10.5 Å². The summed E-state index contributed by atoms with van der Waals surface area (Å²) in [6.07, 6.45) is 1.13. The Morgan fingerprint density at radius 1 is 1.45 bits per heavy atom. The van der Waals surface area contributed by atoms with E-state index in [1.54, 1.807) is 6.07 Å². The van der Waals surface area contributed by atoms with Crippen LogP contribution in [0.2, 0.25) is 0 Å². The van der Waals surface area contributed by atoms with Crippen LogP contribution in [-0.4, -0.2) is 25.6 Å². The summed E-state index contributed by atoms with van der Waals surface area (Å²) in [5, 5.41) is 2.83. The van der Waals surface area contributed by atoms with Crippen LogP contribution in [-0.2, 0) is 4.79 Å². The van der Waals surface area contributed by atoms with Gasteiger partial charge in [-0.05, 0) is 18.9 Å². The van der Waals surface area contributed by atoms with Gasteiger partial charge >= 0.3 is 0 Å². The number of hydrogen-bond donors (Lipinski definition) is 2. The van der Waals surface area contributed by atoms with Gasteiger partial charge in [-0.1, -0.05) is 20.3 Å². The number of nitrogens with zero attached hydrogens (tertiary/aromatic N) is 1. The minimum Gasteiger partial charge on any atom is -0.482 e. The molecule has 0 fully saturated rings. The first kappa shape index (κ1) is 14.5. The lowest BCUT2D eigenvalue weighted by atomic mass is 10.1. The lowest BCUT2D eigenvalue weighted by Crippen LogP contribution is -2.30. The third-order valence-corrected chi connectivity index (χ3v) is 3.71. The van der Waals surface area contributed by atoms with Crippen LogP contribution in [0.3, 0.4) is 0 Å². The zero-order valence-corrected chi connectivity index (χ0v) is 12.4. The third kappa shape index (κ3) is 2.98. The molecule has 0 spiro atoms. The number of nitrogen functional groups attached to an aromatic ring is 1. The molecule has 1 aromatic rings. The molecule has 2 rings (SSSR count). The Labute approximate surface area is 120 Å². The summed E-state index contributed by atoms with van der Waals surface area (Å²) in [6.45, 7) is 8.39. The van der Waals surface area contributed by atoms with Gasteiger partial charge in [0.05, 0.1) is 17.1 Å². The molecule has 0 bridgehead atoms. The Kier molecular flexibility index (Phi) is 4.37. The van der Waals surface area contributed by atoms with Crippen LogP contribution < -0.4 is 20.7 Å². The van der Waals surface area contributed by atoms with Crippen molar-refractivity contribution in [2.24, 2.45) is 5.92 Å². The molecule has 0 saturated carbocycles. The van der Waals surface area contributed by atoms with Gasteiger partial charge in [0.25, 0.3) is 5.91 Å². The highest BCUT2D eigenvalue weighted by molar-refractivity contribution is 5.97. The van der Waals surface area contributed by atoms with Crippen molar-refractivity contribution in [1.82, 2.24) is 0 Å². The van der Waals surface area contributed by atoms with Crippen molar-refractivity contribution in [3.05, 3.63) is 12.1 Å². The van der Waals surface area contributed by atoms with E-state index in [0.29, 0.717) is 23.0 Å². The molecule has 1 heterocycles. The highest BCUT2D eigenvalue weighted by Crippen LogP contribution is 2.37. The van der Waals surface area contributed by atoms with E-state index in [1.165, 1.54) is 0 Å². The Hall–Kier alpha value is -1.91. The fourth-order valence-electron chi connectivity index (χ4n) is 2.31. The Balaban J connectivity index is 2.30. The summed E-state index contributed by atoms with van der Waals surface area (Å²) in [5.74, 6) is 1.11. The van der Waals surface area contributed by atoms with Crippen molar-refractivity contribution in [2.45, 2.75) is 27.2 Å². The first-order chi connectivity index (χ1) is 9.55. The quantitative estimate of drug-likeness (QED) is 0.811. The number of nitrogens with one attached hydrogen (secondary N) is 1. The SMILES string of the molecule is CCC(C)CN(CC)c1cc2c(cc1N)OCC(=O)N2. The van der Waals surface area contributed by atoms with Crippen molar-refractivity contribution >= 4 is 23.0 Å². The lowest BCUT2D eigenvalue weighted by molar-refractivity contribution is -0.118. The van der Waals surface area contributed by atoms with Crippen molar-refractivity contribution < 1.29 is 9.53 Å². The molecule has 5 heteroatoms. The molecule has 1 aromatic carbocycles. The predicted molar refractivity (Wildman–Crippen MR) is 82.3 cm³/mol. The van der Waals surface area contributed by atoms with Gasteiger partial charge in [0.2, 0.25) is 0 Å². The highest BCUT2D eigenvalue weighted by Gasteiger charge is 2.20. The van der Waals surface area contributed by atoms with E-state index in [1.807, 2.05) is 6.07 Å². The fourth-order valence-corrected chi connectivity index (χ4v) is 2.31. The topological polar surface area (TPSA) is 67.6 Å². The summed E-state index contributed by atoms with van der Waals surface area (Å²) in [6, 6.07) is 3.71. The molecule has 0 radical (unpaired) electrons. The van der Waals surface area contributed by atoms with Gasteiger partial charge in [-0.3, -0.25) is 4.79 Å². The van der Waals surface area contributed by atoms with Crippen LogP contribution in [0.4, 0.5) is 17.1 Å². The molecule has 1 amide bonds. The second kappa shape index (κ2) is 6.03. The van der Waals surface area contributed by atoms with E-state index in [-0.39, 0.29) is 12.5 Å². The molecule has 1 aliphatic rings. The van der Waals surface area contributed by atoms with Crippen LogP contribution in [0.25, 0.3) is 0 Å². The molecule has 0 aromatic heterocycles. The number of anilines is 3. The summed E-state index contributed by atoms with van der Waals surface area (Å²) in [4.78, 5) is 13.6. The van der Waals surface area contributed by atoms with Crippen LogP contribution >= 0.6 is 0 Å². The van der Waals surface area contributed by atoms with Crippen LogP contribution in [0.15, 0.2) is 12.1 Å². The van der Waals surface area contributed by atoms with Gasteiger partial charge in [-0.2, -0.15) is 0 Å². The molecular formula is C15H23N3O2. The number of carbonyl (C=O) groups excluding carboxylic acids is 1. The van der Waals surface area contributed by atoms with E-state index in [0.717, 1.165) is 25.2 Å². The predicted octanol–water partition coefficient (Wildman–Crippen LogP) is 2.47. The van der Waals surface area contributed by atoms with E-state index in [9.17, 15) is 4.79 Å². The number of rotatable bonds is 5. The molecule has 1 atom stereocenters. The number of amides is 1. The summed E-state index contributed by atoms with van der Waals surface area (Å²) in [7, 11) is 0. The lowest BCUT2D eigenvalue weighted by Gasteiger charge is -2.29. The minimum atomic E-state index is -0.127. The second-order valence-corrected chi connectivity index (χ2v) is 5.30.